The number of nitrogens with zero attached hydrogens (tertiary/aromatic N) is 1. The molecule has 2 aromatic carbocycles. The van der Waals surface area contributed by atoms with Crippen LogP contribution in [0, 0.1) is 0 Å². The van der Waals surface area contributed by atoms with E-state index in [9.17, 15) is 4.79 Å². The summed E-state index contributed by atoms with van der Waals surface area (Å²) in [7, 11) is 3.25. The van der Waals surface area contributed by atoms with Gasteiger partial charge in [0.05, 0.1) is 14.2 Å². The van der Waals surface area contributed by atoms with Crippen molar-refractivity contribution >= 4 is 12.0 Å². The summed E-state index contributed by atoms with van der Waals surface area (Å²) < 4.78 is 15.7. The third-order valence-electron chi connectivity index (χ3n) is 4.81. The fourth-order valence-electron chi connectivity index (χ4n) is 3.20. The molecule has 0 amide bonds. The van der Waals surface area contributed by atoms with Gasteiger partial charge in [0.2, 0.25) is 0 Å². The molecule has 1 atom stereocenters. The van der Waals surface area contributed by atoms with Crippen LogP contribution in [-0.2, 0) is 11.2 Å². The van der Waals surface area contributed by atoms with Gasteiger partial charge in [-0.2, -0.15) is 0 Å². The molecule has 0 saturated heterocycles. The molecule has 0 aliphatic rings. The van der Waals surface area contributed by atoms with Crippen molar-refractivity contribution < 1.29 is 19.0 Å². The Bertz CT molecular complexity index is 814. The number of carbonyl (C=O) groups excluding carboxylic acids is 1. The van der Waals surface area contributed by atoms with E-state index in [1.54, 1.807) is 20.3 Å². The maximum atomic E-state index is 11.2. The van der Waals surface area contributed by atoms with Crippen molar-refractivity contribution in [3.63, 3.8) is 0 Å². The molecule has 1 unspecified atom stereocenters. The first-order valence-corrected chi connectivity index (χ1v) is 9.86. The smallest absolute Gasteiger partial charge is 0.308 e. The molecule has 5 heteroatoms. The Hall–Kier alpha value is -2.79. The van der Waals surface area contributed by atoms with E-state index >= 15 is 0 Å². The Labute approximate surface area is 173 Å². The van der Waals surface area contributed by atoms with E-state index in [0.717, 1.165) is 30.8 Å². The third-order valence-corrected chi connectivity index (χ3v) is 4.81. The van der Waals surface area contributed by atoms with Crippen molar-refractivity contribution in [3.8, 4) is 17.2 Å². The Morgan fingerprint density at radius 2 is 1.79 bits per heavy atom. The predicted molar refractivity (Wildman–Crippen MR) is 117 cm³/mol. The van der Waals surface area contributed by atoms with Crippen LogP contribution in [0.1, 0.15) is 31.9 Å². The quantitative estimate of drug-likeness (QED) is 0.433. The molecule has 0 fully saturated rings. The molecule has 0 aliphatic carbocycles. The molecule has 0 saturated carbocycles. The standard InChI is InChI=1S/C24H31NO4/c1-6-25(18(2)16-21-9-12-22(27-4)13-10-21)15-7-8-20-11-14-23(29-19(3)26)24(17-20)28-5/h7-14,17-18H,6,15-16H2,1-5H3/b8-7+. The highest BCUT2D eigenvalue weighted by atomic mass is 16.6. The number of likely N-dealkylation sites (N-methyl/N-ethyl adjacent to an activating group) is 1. The van der Waals surface area contributed by atoms with Gasteiger partial charge in [-0.15, -0.1) is 0 Å². The van der Waals surface area contributed by atoms with Crippen molar-refractivity contribution in [1.29, 1.82) is 0 Å². The Morgan fingerprint density at radius 1 is 1.07 bits per heavy atom. The Morgan fingerprint density at radius 3 is 2.38 bits per heavy atom. The Kier molecular flexibility index (Phi) is 8.74. The number of benzene rings is 2. The number of hydrogen-bond donors (Lipinski definition) is 0. The van der Waals surface area contributed by atoms with Crippen molar-refractivity contribution in [2.45, 2.75) is 33.2 Å². The van der Waals surface area contributed by atoms with E-state index in [0.29, 0.717) is 17.5 Å². The maximum absolute atomic E-state index is 11.2. The molecule has 156 valence electrons. The number of carbonyl (C=O) groups is 1. The zero-order chi connectivity index (χ0) is 21.2. The van der Waals surface area contributed by atoms with Gasteiger partial charge in [-0.3, -0.25) is 9.69 Å². The lowest BCUT2D eigenvalue weighted by Crippen LogP contribution is -2.34. The molecule has 0 heterocycles. The first kappa shape index (κ1) is 22.5. The Balaban J connectivity index is 1.98. The average Bonchev–Trinajstić information content (AvgIpc) is 2.72. The fourth-order valence-corrected chi connectivity index (χ4v) is 3.20. The number of methoxy groups -OCH3 is 2. The normalized spacial score (nSPS) is 12.2. The molecule has 0 aliphatic heterocycles. The summed E-state index contributed by atoms with van der Waals surface area (Å²) in [5, 5.41) is 0. The summed E-state index contributed by atoms with van der Waals surface area (Å²) >= 11 is 0. The average molecular weight is 398 g/mol. The van der Waals surface area contributed by atoms with Gasteiger partial charge in [0.25, 0.3) is 0 Å². The van der Waals surface area contributed by atoms with Crippen LogP contribution in [0.5, 0.6) is 17.2 Å². The van der Waals surface area contributed by atoms with Crippen LogP contribution in [0.4, 0.5) is 0 Å². The van der Waals surface area contributed by atoms with Crippen LogP contribution in [0.3, 0.4) is 0 Å². The highest BCUT2D eigenvalue weighted by molar-refractivity contribution is 5.71. The molecule has 5 nitrogen and oxygen atoms in total. The summed E-state index contributed by atoms with van der Waals surface area (Å²) in [6.45, 7) is 7.62. The molecular formula is C24H31NO4. The molecule has 0 bridgehead atoms. The number of esters is 1. The fraction of sp³-hybridized carbons (Fsp3) is 0.375. The van der Waals surface area contributed by atoms with Crippen molar-refractivity contribution in [1.82, 2.24) is 4.90 Å². The minimum atomic E-state index is -0.365. The molecule has 0 radical (unpaired) electrons. The monoisotopic (exact) mass is 397 g/mol. The predicted octanol–water partition coefficient (Wildman–Crippen LogP) is 4.60. The summed E-state index contributed by atoms with van der Waals surface area (Å²) in [6.07, 6.45) is 5.19. The second-order valence-corrected chi connectivity index (χ2v) is 6.90. The van der Waals surface area contributed by atoms with Crippen LogP contribution in [0.15, 0.2) is 48.5 Å². The van der Waals surface area contributed by atoms with Crippen LogP contribution in [0.25, 0.3) is 6.08 Å². The van der Waals surface area contributed by atoms with Gasteiger partial charge < -0.3 is 14.2 Å². The summed E-state index contributed by atoms with van der Waals surface area (Å²) in [5.41, 5.74) is 2.29. The van der Waals surface area contributed by atoms with Gasteiger partial charge in [-0.05, 0) is 55.3 Å². The molecular weight excluding hydrogens is 366 g/mol. The lowest BCUT2D eigenvalue weighted by molar-refractivity contribution is -0.132. The van der Waals surface area contributed by atoms with Crippen molar-refractivity contribution in [2.24, 2.45) is 0 Å². The number of rotatable bonds is 10. The molecule has 0 N–H and O–H groups in total. The highest BCUT2D eigenvalue weighted by Crippen LogP contribution is 2.28. The van der Waals surface area contributed by atoms with Gasteiger partial charge in [0.15, 0.2) is 11.5 Å². The van der Waals surface area contributed by atoms with Crippen LogP contribution in [-0.4, -0.2) is 44.2 Å². The molecule has 0 spiro atoms. The van der Waals surface area contributed by atoms with Gasteiger partial charge in [-0.25, -0.2) is 0 Å². The third kappa shape index (κ3) is 6.95. The molecule has 2 rings (SSSR count). The number of ether oxygens (including phenoxy) is 3. The van der Waals surface area contributed by atoms with Gasteiger partial charge in [0, 0.05) is 19.5 Å². The highest BCUT2D eigenvalue weighted by Gasteiger charge is 2.12. The molecule has 29 heavy (non-hydrogen) atoms. The van der Waals surface area contributed by atoms with E-state index in [4.69, 9.17) is 14.2 Å². The minimum Gasteiger partial charge on any atom is -0.497 e. The van der Waals surface area contributed by atoms with Crippen molar-refractivity contribution in [3.05, 3.63) is 59.7 Å². The van der Waals surface area contributed by atoms with Gasteiger partial charge in [0.1, 0.15) is 5.75 Å². The van der Waals surface area contributed by atoms with E-state index < -0.39 is 0 Å². The largest absolute Gasteiger partial charge is 0.497 e. The SMILES string of the molecule is CCN(C/C=C/c1ccc(OC(C)=O)c(OC)c1)C(C)Cc1ccc(OC)cc1. The topological polar surface area (TPSA) is 48.0 Å². The first-order valence-electron chi connectivity index (χ1n) is 9.86. The molecule has 2 aromatic rings. The second kappa shape index (κ2) is 11.3. The van der Waals surface area contributed by atoms with E-state index in [1.165, 1.54) is 12.5 Å². The lowest BCUT2D eigenvalue weighted by Gasteiger charge is -2.26. The summed E-state index contributed by atoms with van der Waals surface area (Å²) in [5.74, 6) is 1.49. The zero-order valence-electron chi connectivity index (χ0n) is 18.0. The van der Waals surface area contributed by atoms with Gasteiger partial charge >= 0.3 is 5.97 Å². The van der Waals surface area contributed by atoms with Crippen LogP contribution >= 0.6 is 0 Å². The summed E-state index contributed by atoms with van der Waals surface area (Å²) in [4.78, 5) is 13.6. The van der Waals surface area contributed by atoms with Crippen LogP contribution < -0.4 is 14.2 Å². The maximum Gasteiger partial charge on any atom is 0.308 e. The second-order valence-electron chi connectivity index (χ2n) is 6.90. The van der Waals surface area contributed by atoms with Crippen LogP contribution in [0.2, 0.25) is 0 Å². The minimum absolute atomic E-state index is 0.365. The lowest BCUT2D eigenvalue weighted by atomic mass is 10.1. The molecule has 0 aromatic heterocycles. The zero-order valence-corrected chi connectivity index (χ0v) is 18.0. The van der Waals surface area contributed by atoms with E-state index in [1.807, 2.05) is 24.3 Å². The van der Waals surface area contributed by atoms with Crippen molar-refractivity contribution in [2.75, 3.05) is 27.3 Å². The number of hydrogen-bond acceptors (Lipinski definition) is 5. The van der Waals surface area contributed by atoms with E-state index in [-0.39, 0.29) is 5.97 Å². The first-order chi connectivity index (χ1) is 14.0. The van der Waals surface area contributed by atoms with Gasteiger partial charge in [-0.1, -0.05) is 37.3 Å². The van der Waals surface area contributed by atoms with E-state index in [2.05, 4.69) is 43.0 Å². The summed E-state index contributed by atoms with van der Waals surface area (Å²) in [6, 6.07) is 14.2.